The molecule has 4 aliphatic heterocycles. The quantitative estimate of drug-likeness (QED) is 0.157. The Balaban J connectivity index is 1.23. The van der Waals surface area contributed by atoms with Crippen LogP contribution in [0.15, 0.2) is 115 Å². The fraction of sp³-hybridized carbons (Fsp3) is 0.245. The Bertz CT molecular complexity index is 3580. The molecule has 10 aromatic rings. The molecule has 2 aliphatic carbocycles. The van der Waals surface area contributed by atoms with Gasteiger partial charge < -0.3 is 4.57 Å². The summed E-state index contributed by atoms with van der Waals surface area (Å²) in [6, 6.07) is 45.4. The monoisotopic (exact) mass is 747 g/mol. The van der Waals surface area contributed by atoms with Crippen molar-refractivity contribution in [3.05, 3.63) is 138 Å². The molecule has 1 atom stereocenters. The molecule has 2 saturated carbocycles. The number of hydrogen-bond acceptors (Lipinski definition) is 0. The molecule has 1 spiro atoms. The van der Waals surface area contributed by atoms with Crippen molar-refractivity contribution in [3.63, 3.8) is 0 Å². The van der Waals surface area contributed by atoms with E-state index >= 15 is 0 Å². The molecule has 6 aliphatic rings. The molecule has 5 heteroatoms. The van der Waals surface area contributed by atoms with Gasteiger partial charge in [0.2, 0.25) is 0 Å². The highest BCUT2D eigenvalue weighted by atomic mass is 15.4. The zero-order chi connectivity index (χ0) is 37.2. The van der Waals surface area contributed by atoms with Gasteiger partial charge in [-0.05, 0) is 115 Å². The molecule has 0 N–H and O–H groups in total. The molecule has 0 bridgehead atoms. The lowest BCUT2D eigenvalue weighted by Gasteiger charge is -2.39. The average Bonchev–Trinajstić information content (AvgIpc) is 4.01. The SMILES string of the molecule is c1cc2c3c(c1)-n1c4ccccc4c4c(C5CCCCC5)cc5[n+](c41)C31c3c(ccc4c6ccccc6n-2c34)-n2c3ccccc3c3c(C4CCCCC4)cc-5[n+]1c32. The summed E-state index contributed by atoms with van der Waals surface area (Å²) in [5.74, 6) is 1.12. The minimum atomic E-state index is -0.614. The van der Waals surface area contributed by atoms with Crippen molar-refractivity contribution in [2.24, 2.45) is 0 Å². The van der Waals surface area contributed by atoms with Gasteiger partial charge >= 0.3 is 5.66 Å². The van der Waals surface area contributed by atoms with Crippen LogP contribution in [0.1, 0.15) is 98.3 Å². The van der Waals surface area contributed by atoms with E-state index in [0.717, 1.165) is 0 Å². The number of para-hydroxylation sites is 3. The van der Waals surface area contributed by atoms with E-state index in [0.29, 0.717) is 11.8 Å². The second kappa shape index (κ2) is 9.90. The van der Waals surface area contributed by atoms with Gasteiger partial charge in [0.25, 0.3) is 11.3 Å². The molecule has 276 valence electrons. The molecule has 5 nitrogen and oxygen atoms in total. The number of benzene rings is 5. The first-order chi connectivity index (χ1) is 28.8. The molecule has 0 amide bonds. The summed E-state index contributed by atoms with van der Waals surface area (Å²) >= 11 is 0. The van der Waals surface area contributed by atoms with Crippen molar-refractivity contribution in [1.29, 1.82) is 0 Å². The fourth-order valence-corrected chi connectivity index (χ4v) is 14.0. The molecule has 0 saturated heterocycles. The van der Waals surface area contributed by atoms with Crippen molar-refractivity contribution < 1.29 is 9.13 Å². The van der Waals surface area contributed by atoms with E-state index in [2.05, 4.69) is 138 Å². The molecular weight excluding hydrogens is 707 g/mol. The zero-order valence-corrected chi connectivity index (χ0v) is 32.4. The lowest BCUT2D eigenvalue weighted by Crippen LogP contribution is -2.75. The molecular formula is C53H41N5+2. The van der Waals surface area contributed by atoms with Gasteiger partial charge in [0.1, 0.15) is 33.5 Å². The third-order valence-corrected chi connectivity index (χ3v) is 16.0. The predicted molar refractivity (Wildman–Crippen MR) is 232 cm³/mol. The highest BCUT2D eigenvalue weighted by Gasteiger charge is 2.69. The van der Waals surface area contributed by atoms with Crippen molar-refractivity contribution in [2.75, 3.05) is 0 Å². The molecule has 2 fully saturated rings. The first-order valence-corrected chi connectivity index (χ1v) is 22.1. The van der Waals surface area contributed by atoms with Crippen molar-refractivity contribution >= 4 is 65.7 Å². The summed E-state index contributed by atoms with van der Waals surface area (Å²) in [6.07, 6.45) is 13.1. The highest BCUT2D eigenvalue weighted by Crippen LogP contribution is 2.58. The van der Waals surface area contributed by atoms with Crippen LogP contribution in [0.3, 0.4) is 0 Å². The van der Waals surface area contributed by atoms with Crippen molar-refractivity contribution in [3.8, 4) is 28.5 Å². The van der Waals surface area contributed by atoms with Gasteiger partial charge in [0, 0.05) is 21.5 Å². The highest BCUT2D eigenvalue weighted by molar-refractivity contribution is 6.16. The van der Waals surface area contributed by atoms with Crippen LogP contribution in [0.4, 0.5) is 0 Å². The van der Waals surface area contributed by atoms with Gasteiger partial charge in [-0.3, -0.25) is 0 Å². The third kappa shape index (κ3) is 3.03. The molecule has 0 radical (unpaired) electrons. The Morgan fingerprint density at radius 2 is 0.914 bits per heavy atom. The summed E-state index contributed by atoms with van der Waals surface area (Å²) in [7, 11) is 0. The maximum absolute atomic E-state index is 2.89. The number of aromatic nitrogens is 5. The lowest BCUT2D eigenvalue weighted by molar-refractivity contribution is -0.920. The van der Waals surface area contributed by atoms with E-state index in [1.807, 2.05) is 0 Å². The molecule has 16 rings (SSSR count). The van der Waals surface area contributed by atoms with Crippen LogP contribution >= 0.6 is 0 Å². The minimum absolute atomic E-state index is 0.558. The number of hydrogen-bond donors (Lipinski definition) is 0. The van der Waals surface area contributed by atoms with Gasteiger partial charge in [-0.1, -0.05) is 87.1 Å². The van der Waals surface area contributed by atoms with E-state index in [1.54, 1.807) is 11.1 Å². The van der Waals surface area contributed by atoms with Crippen LogP contribution in [-0.4, -0.2) is 13.7 Å². The summed E-state index contributed by atoms with van der Waals surface area (Å²) in [5.41, 5.74) is 20.1. The van der Waals surface area contributed by atoms with Crippen LogP contribution in [0.2, 0.25) is 0 Å². The predicted octanol–water partition coefficient (Wildman–Crippen LogP) is 11.9. The third-order valence-electron chi connectivity index (χ3n) is 16.0. The second-order valence-electron chi connectivity index (χ2n) is 18.5. The summed E-state index contributed by atoms with van der Waals surface area (Å²) < 4.78 is 13.8. The van der Waals surface area contributed by atoms with Gasteiger partial charge in [-0.2, -0.15) is 18.3 Å². The maximum Gasteiger partial charge on any atom is 0.319 e. The smallest absolute Gasteiger partial charge is 0.308 e. The summed E-state index contributed by atoms with van der Waals surface area (Å²) in [6.45, 7) is 0. The normalized spacial score (nSPS) is 20.0. The van der Waals surface area contributed by atoms with Crippen LogP contribution in [-0.2, 0) is 5.66 Å². The van der Waals surface area contributed by atoms with Gasteiger partial charge in [-0.15, -0.1) is 0 Å². The largest absolute Gasteiger partial charge is 0.319 e. The zero-order valence-electron chi connectivity index (χ0n) is 32.4. The van der Waals surface area contributed by atoms with Gasteiger partial charge in [0.05, 0.1) is 27.5 Å². The van der Waals surface area contributed by atoms with Gasteiger partial charge in [-0.25, -0.2) is 0 Å². The molecule has 5 aromatic heterocycles. The topological polar surface area (TPSA) is 22.5 Å². The Labute approximate surface area is 335 Å². The van der Waals surface area contributed by atoms with Crippen LogP contribution in [0, 0.1) is 0 Å². The van der Waals surface area contributed by atoms with Gasteiger partial charge in [0.15, 0.2) is 11.4 Å². The summed E-state index contributed by atoms with van der Waals surface area (Å²) in [4.78, 5) is 0. The number of nitrogens with zero attached hydrogens (tertiary/aromatic N) is 5. The van der Waals surface area contributed by atoms with E-state index < -0.39 is 5.66 Å². The Morgan fingerprint density at radius 3 is 1.48 bits per heavy atom. The van der Waals surface area contributed by atoms with Crippen molar-refractivity contribution in [2.45, 2.75) is 81.7 Å². The number of rotatable bonds is 2. The van der Waals surface area contributed by atoms with Crippen molar-refractivity contribution in [1.82, 2.24) is 13.7 Å². The molecule has 5 aromatic carbocycles. The second-order valence-corrected chi connectivity index (χ2v) is 18.5. The van der Waals surface area contributed by atoms with Crippen LogP contribution in [0.25, 0.3) is 94.1 Å². The Kier molecular flexibility index (Phi) is 5.11. The Hall–Kier alpha value is -6.20. The fourth-order valence-electron chi connectivity index (χ4n) is 14.0. The van der Waals surface area contributed by atoms with Crippen LogP contribution < -0.4 is 9.13 Å². The first-order valence-electron chi connectivity index (χ1n) is 22.1. The molecule has 58 heavy (non-hydrogen) atoms. The van der Waals surface area contributed by atoms with E-state index in [9.17, 15) is 0 Å². The molecule has 9 heterocycles. The van der Waals surface area contributed by atoms with Crippen LogP contribution in [0.5, 0.6) is 0 Å². The maximum atomic E-state index is 2.89. The van der Waals surface area contributed by atoms with E-state index in [-0.39, 0.29) is 0 Å². The number of pyridine rings is 2. The standard InChI is InChI=1S/C53H41N5/c1-3-14-30(15-4-1)36-28-44-45-29-37(31-16-5-2-6-17-31)47-35-20-9-12-23-40(35)56-43-27-26-33-32-18-7-10-21-38(32)54-41-24-13-25-42-48(41)53(49(43)50(33)54,58(45)52(47)56)57(44)51-46(36)34-19-8-11-22-39(34)55(42)51/h7-13,18-31H,1-6,14-17H2/q+2. The minimum Gasteiger partial charge on any atom is -0.308 e. The lowest BCUT2D eigenvalue weighted by atomic mass is 9.80. The number of fused-ring (bicyclic) bond motifs is 13. The molecule has 1 unspecified atom stereocenters. The van der Waals surface area contributed by atoms with E-state index in [4.69, 9.17) is 0 Å². The Morgan fingerprint density at radius 1 is 0.431 bits per heavy atom. The first kappa shape index (κ1) is 30.0. The summed E-state index contributed by atoms with van der Waals surface area (Å²) in [5, 5.41) is 8.39. The van der Waals surface area contributed by atoms with E-state index in [1.165, 1.54) is 169 Å². The average molecular weight is 748 g/mol.